The van der Waals surface area contributed by atoms with E-state index in [1.165, 1.54) is 6.42 Å². The zero-order chi connectivity index (χ0) is 18.7. The Morgan fingerprint density at radius 2 is 1.73 bits per heavy atom. The molecular weight excluding hydrogens is 328 g/mol. The molecule has 2 N–H and O–H groups in total. The third kappa shape index (κ3) is 4.55. The van der Waals surface area contributed by atoms with Crippen molar-refractivity contribution in [3.8, 4) is 0 Å². The Morgan fingerprint density at radius 3 is 2.27 bits per heavy atom. The van der Waals surface area contributed by atoms with E-state index < -0.39 is 0 Å². The molecule has 2 unspecified atom stereocenters. The number of nitrogens with zero attached hydrogens (tertiary/aromatic N) is 2. The number of fused-ring (bicyclic) bond motifs is 2. The number of hydrogen-bond donors (Lipinski definition) is 2. The van der Waals surface area contributed by atoms with E-state index in [2.05, 4.69) is 15.5 Å². The molecule has 2 aliphatic rings. The fraction of sp³-hybridized carbons (Fsp3) is 0.600. The predicted octanol–water partition coefficient (Wildman–Crippen LogP) is 2.21. The van der Waals surface area contributed by atoms with E-state index in [9.17, 15) is 9.59 Å². The second-order valence-electron chi connectivity index (χ2n) is 7.77. The van der Waals surface area contributed by atoms with Crippen molar-refractivity contribution in [3.05, 3.63) is 24.3 Å². The van der Waals surface area contributed by atoms with Gasteiger partial charge in [-0.05, 0) is 49.9 Å². The second-order valence-corrected chi connectivity index (χ2v) is 7.77. The van der Waals surface area contributed by atoms with Crippen molar-refractivity contribution in [2.24, 2.45) is 0 Å². The summed E-state index contributed by atoms with van der Waals surface area (Å²) < 4.78 is 0. The van der Waals surface area contributed by atoms with Gasteiger partial charge in [-0.15, -0.1) is 0 Å². The van der Waals surface area contributed by atoms with E-state index in [-0.39, 0.29) is 17.9 Å². The molecule has 2 fully saturated rings. The molecule has 2 atom stereocenters. The summed E-state index contributed by atoms with van der Waals surface area (Å²) in [4.78, 5) is 28.3. The van der Waals surface area contributed by atoms with Gasteiger partial charge in [-0.3, -0.25) is 14.5 Å². The molecule has 1 aromatic carbocycles. The maximum absolute atomic E-state index is 12.6. The van der Waals surface area contributed by atoms with E-state index >= 15 is 0 Å². The maximum atomic E-state index is 12.6. The zero-order valence-electron chi connectivity index (χ0n) is 16.0. The Bertz CT molecular complexity index is 630. The fourth-order valence-electron chi connectivity index (χ4n) is 4.35. The summed E-state index contributed by atoms with van der Waals surface area (Å²) in [5, 5.41) is 6.09. The number of nitrogens with one attached hydrogen (secondary N) is 2. The van der Waals surface area contributed by atoms with Gasteiger partial charge in [0, 0.05) is 50.5 Å². The Morgan fingerprint density at radius 1 is 1.12 bits per heavy atom. The Labute approximate surface area is 155 Å². The summed E-state index contributed by atoms with van der Waals surface area (Å²) >= 11 is 0. The van der Waals surface area contributed by atoms with Crippen LogP contribution < -0.4 is 15.5 Å². The van der Waals surface area contributed by atoms with Crippen LogP contribution in [0.2, 0.25) is 0 Å². The molecule has 2 amide bonds. The molecule has 1 aromatic rings. The lowest BCUT2D eigenvalue weighted by Crippen LogP contribution is -2.58. The normalized spacial score (nSPS) is 25.4. The number of carbonyl (C=O) groups is 2. The van der Waals surface area contributed by atoms with Gasteiger partial charge in [0.05, 0.1) is 6.54 Å². The lowest BCUT2D eigenvalue weighted by Gasteiger charge is -2.48. The molecule has 6 heteroatoms. The minimum Gasteiger partial charge on any atom is -0.378 e. The van der Waals surface area contributed by atoms with Gasteiger partial charge < -0.3 is 15.5 Å². The van der Waals surface area contributed by atoms with Crippen LogP contribution >= 0.6 is 0 Å². The van der Waals surface area contributed by atoms with Crippen molar-refractivity contribution in [3.63, 3.8) is 0 Å². The van der Waals surface area contributed by atoms with Gasteiger partial charge in [0.1, 0.15) is 0 Å². The monoisotopic (exact) mass is 358 g/mol. The molecule has 2 saturated heterocycles. The molecule has 0 radical (unpaired) electrons. The highest BCUT2D eigenvalue weighted by Gasteiger charge is 2.39. The van der Waals surface area contributed by atoms with Gasteiger partial charge in [-0.2, -0.15) is 0 Å². The summed E-state index contributed by atoms with van der Waals surface area (Å²) in [5.74, 6) is 0.0814. The summed E-state index contributed by atoms with van der Waals surface area (Å²) in [6.07, 6.45) is 5.32. The van der Waals surface area contributed by atoms with Crippen LogP contribution in [-0.4, -0.2) is 55.5 Å². The number of carbonyl (C=O) groups excluding carboxylic acids is 2. The topological polar surface area (TPSA) is 64.7 Å². The Hall–Kier alpha value is -2.08. The highest BCUT2D eigenvalue weighted by Crippen LogP contribution is 2.34. The molecule has 26 heavy (non-hydrogen) atoms. The minimum atomic E-state index is 0.0393. The largest absolute Gasteiger partial charge is 0.378 e. The van der Waals surface area contributed by atoms with Crippen molar-refractivity contribution in [1.29, 1.82) is 0 Å². The quantitative estimate of drug-likeness (QED) is 0.847. The predicted molar refractivity (Wildman–Crippen MR) is 104 cm³/mol. The van der Waals surface area contributed by atoms with Crippen molar-refractivity contribution < 1.29 is 9.59 Å². The van der Waals surface area contributed by atoms with Crippen LogP contribution in [0.5, 0.6) is 0 Å². The van der Waals surface area contributed by atoms with Crippen molar-refractivity contribution in [2.75, 3.05) is 30.9 Å². The zero-order valence-corrected chi connectivity index (χ0v) is 16.0. The van der Waals surface area contributed by atoms with Crippen molar-refractivity contribution in [2.45, 2.75) is 57.2 Å². The van der Waals surface area contributed by atoms with Gasteiger partial charge in [-0.25, -0.2) is 0 Å². The molecule has 0 saturated carbocycles. The van der Waals surface area contributed by atoms with Crippen LogP contribution in [0.3, 0.4) is 0 Å². The van der Waals surface area contributed by atoms with Crippen LogP contribution in [0.4, 0.5) is 11.4 Å². The van der Waals surface area contributed by atoms with Crippen molar-refractivity contribution >= 4 is 23.2 Å². The highest BCUT2D eigenvalue weighted by atomic mass is 16.2. The standard InChI is InChI=1S/C20H30N4O2/c1-14(25)21-16-11-18-5-4-6-19(12-16)24(18)13-20(26)22-15-7-9-17(10-8-15)23(2)3/h7-10,16,18-19H,4-6,11-13H2,1-3H3,(H,21,25)(H,22,26). The minimum absolute atomic E-state index is 0.0393. The number of piperidine rings is 2. The molecule has 2 heterocycles. The van der Waals surface area contributed by atoms with E-state index in [1.807, 2.05) is 43.3 Å². The van der Waals surface area contributed by atoms with Gasteiger partial charge in [0.2, 0.25) is 11.8 Å². The van der Waals surface area contributed by atoms with E-state index in [0.29, 0.717) is 18.6 Å². The summed E-state index contributed by atoms with van der Waals surface area (Å²) in [7, 11) is 3.99. The first-order valence-corrected chi connectivity index (χ1v) is 9.52. The molecule has 0 spiro atoms. The van der Waals surface area contributed by atoms with Gasteiger partial charge in [-0.1, -0.05) is 6.42 Å². The van der Waals surface area contributed by atoms with Crippen LogP contribution in [0.15, 0.2) is 24.3 Å². The molecule has 142 valence electrons. The van der Waals surface area contributed by atoms with Gasteiger partial charge >= 0.3 is 0 Å². The Kier molecular flexibility index (Phi) is 5.81. The average Bonchev–Trinajstić information content (AvgIpc) is 2.55. The van der Waals surface area contributed by atoms with Crippen LogP contribution in [0.25, 0.3) is 0 Å². The van der Waals surface area contributed by atoms with Gasteiger partial charge in [0.25, 0.3) is 0 Å². The Balaban J connectivity index is 1.57. The molecular formula is C20H30N4O2. The summed E-state index contributed by atoms with van der Waals surface area (Å²) in [5.41, 5.74) is 1.94. The number of rotatable bonds is 5. The fourth-order valence-corrected chi connectivity index (χ4v) is 4.35. The number of benzene rings is 1. The molecule has 6 nitrogen and oxygen atoms in total. The van der Waals surface area contributed by atoms with Crippen LogP contribution in [0.1, 0.15) is 39.0 Å². The van der Waals surface area contributed by atoms with Crippen LogP contribution in [0, 0.1) is 0 Å². The number of anilines is 2. The smallest absolute Gasteiger partial charge is 0.238 e. The average molecular weight is 358 g/mol. The first-order valence-electron chi connectivity index (χ1n) is 9.52. The third-order valence-corrected chi connectivity index (χ3v) is 5.53. The lowest BCUT2D eigenvalue weighted by atomic mass is 9.81. The SMILES string of the molecule is CC(=O)NC1CC2CCCC(C1)N2CC(=O)Nc1ccc(N(C)C)cc1. The first-order chi connectivity index (χ1) is 12.4. The van der Waals surface area contributed by atoms with Gasteiger partial charge in [0.15, 0.2) is 0 Å². The maximum Gasteiger partial charge on any atom is 0.238 e. The first kappa shape index (κ1) is 18.7. The molecule has 2 aliphatic heterocycles. The van der Waals surface area contributed by atoms with E-state index in [0.717, 1.165) is 37.1 Å². The molecule has 3 rings (SSSR count). The second kappa shape index (κ2) is 8.08. The molecule has 0 aromatic heterocycles. The molecule has 0 aliphatic carbocycles. The third-order valence-electron chi connectivity index (χ3n) is 5.53. The lowest BCUT2D eigenvalue weighted by molar-refractivity contribution is -0.123. The summed E-state index contributed by atoms with van der Waals surface area (Å²) in [6.45, 7) is 2.01. The highest BCUT2D eigenvalue weighted by molar-refractivity contribution is 5.92. The van der Waals surface area contributed by atoms with Crippen LogP contribution in [-0.2, 0) is 9.59 Å². The number of amides is 2. The van der Waals surface area contributed by atoms with Crippen molar-refractivity contribution in [1.82, 2.24) is 10.2 Å². The van der Waals surface area contributed by atoms with E-state index in [4.69, 9.17) is 0 Å². The summed E-state index contributed by atoms with van der Waals surface area (Å²) in [6, 6.07) is 8.92. The number of hydrogen-bond acceptors (Lipinski definition) is 4. The van der Waals surface area contributed by atoms with E-state index in [1.54, 1.807) is 6.92 Å². The molecule has 2 bridgehead atoms.